The lowest BCUT2D eigenvalue weighted by molar-refractivity contribution is -0.117. The number of nitrogens with zero attached hydrogens (tertiary/aromatic N) is 2. The van der Waals surface area contributed by atoms with Crippen LogP contribution in [0.5, 0.6) is 5.75 Å². The van der Waals surface area contributed by atoms with Gasteiger partial charge in [-0.25, -0.2) is 8.60 Å². The van der Waals surface area contributed by atoms with Crippen molar-refractivity contribution in [2.75, 3.05) is 28.8 Å². The van der Waals surface area contributed by atoms with Gasteiger partial charge in [-0.15, -0.1) is 0 Å². The van der Waals surface area contributed by atoms with Crippen molar-refractivity contribution in [2.45, 2.75) is 12.8 Å². The Bertz CT molecular complexity index is 882. The van der Waals surface area contributed by atoms with Crippen LogP contribution in [0.3, 0.4) is 0 Å². The van der Waals surface area contributed by atoms with E-state index < -0.39 is 22.9 Å². The molecule has 0 aromatic heterocycles. The monoisotopic (exact) mass is 375 g/mol. The molecule has 2 N–H and O–H groups in total. The summed E-state index contributed by atoms with van der Waals surface area (Å²) in [6, 6.07) is 10.4. The van der Waals surface area contributed by atoms with Gasteiger partial charge in [-0.1, -0.05) is 12.1 Å². The zero-order chi connectivity index (χ0) is 18.3. The predicted octanol–water partition coefficient (Wildman–Crippen LogP) is 2.31. The summed E-state index contributed by atoms with van der Waals surface area (Å²) >= 11 is -1.91. The Morgan fingerprint density at radius 2 is 1.77 bits per heavy atom. The second kappa shape index (κ2) is 6.60. The molecule has 0 radical (unpaired) electrons. The van der Waals surface area contributed by atoms with E-state index in [0.29, 0.717) is 5.56 Å². The van der Waals surface area contributed by atoms with Gasteiger partial charge in [0.15, 0.2) is 5.82 Å². The highest BCUT2D eigenvalue weighted by Crippen LogP contribution is 2.38. The SMILES string of the molecule is O=C1CN(c2c(O)ccc(-c3ccc(N4CCCC4)cc3)c2F)S(=O)N1. The average molecular weight is 375 g/mol. The van der Waals surface area contributed by atoms with Crippen LogP contribution in [0.4, 0.5) is 15.8 Å². The van der Waals surface area contributed by atoms with E-state index in [9.17, 15) is 14.1 Å². The molecule has 136 valence electrons. The zero-order valence-electron chi connectivity index (χ0n) is 13.9. The van der Waals surface area contributed by atoms with Gasteiger partial charge in [0.25, 0.3) is 5.91 Å². The first-order chi connectivity index (χ1) is 12.5. The molecule has 0 aliphatic carbocycles. The minimum Gasteiger partial charge on any atom is -0.506 e. The van der Waals surface area contributed by atoms with Crippen molar-refractivity contribution in [1.29, 1.82) is 0 Å². The average Bonchev–Trinajstić information content (AvgIpc) is 3.26. The molecule has 1 atom stereocenters. The van der Waals surface area contributed by atoms with Gasteiger partial charge < -0.3 is 10.0 Å². The number of hydrogen-bond donors (Lipinski definition) is 2. The second-order valence-corrected chi connectivity index (χ2v) is 7.49. The fourth-order valence-corrected chi connectivity index (χ4v) is 4.32. The largest absolute Gasteiger partial charge is 0.506 e. The summed E-state index contributed by atoms with van der Waals surface area (Å²) in [7, 11) is 0. The van der Waals surface area contributed by atoms with Crippen LogP contribution in [0, 0.1) is 5.82 Å². The Morgan fingerprint density at radius 3 is 2.38 bits per heavy atom. The maximum Gasteiger partial charge on any atom is 0.253 e. The normalized spacial score (nSPS) is 19.9. The number of amides is 1. The smallest absolute Gasteiger partial charge is 0.253 e. The standard InChI is InChI=1S/C18H18FN3O3S/c19-17-14(12-3-5-13(6-4-12)21-9-1-2-10-21)7-8-15(23)18(17)22-11-16(24)20-26(22)25/h3-8,23H,1-2,9-11H2,(H,20,24). The maximum absolute atomic E-state index is 15.1. The van der Waals surface area contributed by atoms with Crippen molar-refractivity contribution in [1.82, 2.24) is 4.72 Å². The molecular weight excluding hydrogens is 357 g/mol. The number of rotatable bonds is 3. The van der Waals surface area contributed by atoms with Crippen molar-refractivity contribution in [2.24, 2.45) is 0 Å². The topological polar surface area (TPSA) is 72.9 Å². The minimum absolute atomic E-state index is 0.234. The van der Waals surface area contributed by atoms with Gasteiger partial charge >= 0.3 is 0 Å². The van der Waals surface area contributed by atoms with Crippen molar-refractivity contribution in [3.05, 3.63) is 42.2 Å². The minimum atomic E-state index is -1.91. The summed E-state index contributed by atoms with van der Waals surface area (Å²) < 4.78 is 30.3. The number of phenolic OH excluding ortho intramolecular Hbond substituents is 1. The predicted molar refractivity (Wildman–Crippen MR) is 98.6 cm³/mol. The van der Waals surface area contributed by atoms with Gasteiger partial charge in [0.1, 0.15) is 18.0 Å². The van der Waals surface area contributed by atoms with Gasteiger partial charge in [0, 0.05) is 24.3 Å². The summed E-state index contributed by atoms with van der Waals surface area (Å²) in [5.74, 6) is -1.55. The van der Waals surface area contributed by atoms with Crippen molar-refractivity contribution in [3.8, 4) is 16.9 Å². The van der Waals surface area contributed by atoms with E-state index in [2.05, 4.69) is 9.62 Å². The highest BCUT2D eigenvalue weighted by molar-refractivity contribution is 7.85. The van der Waals surface area contributed by atoms with Crippen molar-refractivity contribution >= 4 is 28.5 Å². The van der Waals surface area contributed by atoms with Crippen LogP contribution in [-0.2, 0) is 16.0 Å². The Hall–Kier alpha value is -2.61. The summed E-state index contributed by atoms with van der Waals surface area (Å²) in [4.78, 5) is 13.7. The molecule has 26 heavy (non-hydrogen) atoms. The number of phenols is 1. The van der Waals surface area contributed by atoms with E-state index in [-0.39, 0.29) is 23.5 Å². The number of carbonyl (C=O) groups is 1. The van der Waals surface area contributed by atoms with Gasteiger partial charge in [-0.2, -0.15) is 0 Å². The third kappa shape index (κ3) is 2.90. The molecule has 0 spiro atoms. The molecule has 0 saturated carbocycles. The third-order valence-corrected chi connectivity index (χ3v) is 5.80. The van der Waals surface area contributed by atoms with Crippen molar-refractivity contribution in [3.63, 3.8) is 0 Å². The summed E-state index contributed by atoms with van der Waals surface area (Å²) in [5.41, 5.74) is 1.79. The third-order valence-electron chi connectivity index (χ3n) is 4.68. The molecule has 2 aliphatic rings. The van der Waals surface area contributed by atoms with Crippen LogP contribution in [0.2, 0.25) is 0 Å². The van der Waals surface area contributed by atoms with E-state index in [0.717, 1.165) is 23.1 Å². The first-order valence-electron chi connectivity index (χ1n) is 8.40. The fraction of sp³-hybridized carbons (Fsp3) is 0.278. The lowest BCUT2D eigenvalue weighted by Crippen LogP contribution is -2.23. The van der Waals surface area contributed by atoms with E-state index in [1.165, 1.54) is 25.0 Å². The first kappa shape index (κ1) is 16.8. The van der Waals surface area contributed by atoms with Crippen LogP contribution in [0.15, 0.2) is 36.4 Å². The van der Waals surface area contributed by atoms with Crippen LogP contribution in [0.1, 0.15) is 12.8 Å². The molecule has 2 aromatic carbocycles. The van der Waals surface area contributed by atoms with E-state index in [1.807, 2.05) is 24.3 Å². The fourth-order valence-electron chi connectivity index (χ4n) is 3.38. The first-order valence-corrected chi connectivity index (χ1v) is 9.51. The van der Waals surface area contributed by atoms with E-state index >= 15 is 4.39 Å². The molecule has 8 heteroatoms. The zero-order valence-corrected chi connectivity index (χ0v) is 14.8. The molecule has 1 unspecified atom stereocenters. The molecule has 0 bridgehead atoms. The van der Waals surface area contributed by atoms with Gasteiger partial charge in [0.05, 0.1) is 0 Å². The molecule has 2 saturated heterocycles. The van der Waals surface area contributed by atoms with Crippen LogP contribution in [-0.4, -0.2) is 34.9 Å². The van der Waals surface area contributed by atoms with Crippen LogP contribution >= 0.6 is 0 Å². The van der Waals surface area contributed by atoms with Gasteiger partial charge in [-0.3, -0.25) is 13.8 Å². The quantitative estimate of drug-likeness (QED) is 0.864. The number of aromatic hydroxyl groups is 1. The number of carbonyl (C=O) groups excluding carboxylic acids is 1. The highest BCUT2D eigenvalue weighted by Gasteiger charge is 2.32. The highest BCUT2D eigenvalue weighted by atomic mass is 32.2. The van der Waals surface area contributed by atoms with Crippen LogP contribution in [0.25, 0.3) is 11.1 Å². The molecule has 4 rings (SSSR count). The number of hydrogen-bond acceptors (Lipinski definition) is 4. The summed E-state index contributed by atoms with van der Waals surface area (Å²) in [5, 5.41) is 10.1. The number of halogens is 1. The van der Waals surface area contributed by atoms with Gasteiger partial charge in [0.2, 0.25) is 11.2 Å². The Morgan fingerprint density at radius 1 is 1.08 bits per heavy atom. The van der Waals surface area contributed by atoms with E-state index in [4.69, 9.17) is 0 Å². The Kier molecular flexibility index (Phi) is 4.28. The number of nitrogens with one attached hydrogen (secondary N) is 1. The molecule has 1 amide bonds. The number of anilines is 2. The lowest BCUT2D eigenvalue weighted by Gasteiger charge is -2.19. The van der Waals surface area contributed by atoms with Gasteiger partial charge in [-0.05, 0) is 42.7 Å². The Labute approximate surface area is 153 Å². The van der Waals surface area contributed by atoms with Crippen LogP contribution < -0.4 is 13.9 Å². The Balaban J connectivity index is 1.70. The van der Waals surface area contributed by atoms with E-state index in [1.54, 1.807) is 0 Å². The molecule has 2 aliphatic heterocycles. The second-order valence-electron chi connectivity index (χ2n) is 6.35. The summed E-state index contributed by atoms with van der Waals surface area (Å²) in [6.07, 6.45) is 2.36. The summed E-state index contributed by atoms with van der Waals surface area (Å²) in [6.45, 7) is 1.78. The molecular formula is C18H18FN3O3S. The van der Waals surface area contributed by atoms with Crippen molar-refractivity contribution < 1.29 is 18.5 Å². The molecule has 6 nitrogen and oxygen atoms in total. The molecule has 2 fully saturated rings. The molecule has 2 heterocycles. The maximum atomic E-state index is 15.1. The molecule has 2 aromatic rings. The number of benzene rings is 2. The lowest BCUT2D eigenvalue weighted by atomic mass is 10.0.